The van der Waals surface area contributed by atoms with E-state index >= 15 is 0 Å². The van der Waals surface area contributed by atoms with E-state index in [0.29, 0.717) is 6.42 Å². The molecule has 1 aliphatic rings. The number of carbonyl (C=O) groups is 3. The van der Waals surface area contributed by atoms with Crippen molar-refractivity contribution in [3.05, 3.63) is 29.8 Å². The topological polar surface area (TPSA) is 98.7 Å². The Morgan fingerprint density at radius 1 is 1.20 bits per heavy atom. The predicted octanol–water partition coefficient (Wildman–Crippen LogP) is 0.781. The molecule has 3 N–H and O–H groups in total. The fraction of sp³-hybridized carbons (Fsp3) is 0.500. The summed E-state index contributed by atoms with van der Waals surface area (Å²) in [5.41, 5.74) is 2.26. The average Bonchev–Trinajstić information content (AvgIpc) is 2.95. The lowest BCUT2D eigenvalue weighted by Gasteiger charge is -2.19. The Bertz CT molecular complexity index is 645. The highest BCUT2D eigenvalue weighted by molar-refractivity contribution is 5.89. The van der Waals surface area contributed by atoms with Gasteiger partial charge in [0.2, 0.25) is 11.8 Å². The molecule has 0 saturated carbocycles. The summed E-state index contributed by atoms with van der Waals surface area (Å²) in [6, 6.07) is 6.99. The largest absolute Gasteiger partial charge is 0.480 e. The van der Waals surface area contributed by atoms with Gasteiger partial charge in [0.15, 0.2) is 0 Å². The lowest BCUT2D eigenvalue weighted by Crippen LogP contribution is -2.47. The van der Waals surface area contributed by atoms with E-state index < -0.39 is 17.9 Å². The highest BCUT2D eigenvalue weighted by Gasteiger charge is 2.23. The maximum absolute atomic E-state index is 12.1. The van der Waals surface area contributed by atoms with E-state index in [0.717, 1.165) is 18.7 Å². The van der Waals surface area contributed by atoms with Gasteiger partial charge in [-0.2, -0.15) is 0 Å². The Balaban J connectivity index is 1.78. The number of para-hydroxylation sites is 1. The number of carboxylic acid groups (broad SMARTS) is 1. The summed E-state index contributed by atoms with van der Waals surface area (Å²) >= 11 is 0. The van der Waals surface area contributed by atoms with Crippen LogP contribution in [0.5, 0.6) is 0 Å². The molecule has 136 valence electrons. The van der Waals surface area contributed by atoms with Crippen LogP contribution in [0.4, 0.5) is 5.69 Å². The van der Waals surface area contributed by atoms with Gasteiger partial charge >= 0.3 is 5.97 Å². The average molecular weight is 347 g/mol. The second-order valence-corrected chi connectivity index (χ2v) is 6.66. The summed E-state index contributed by atoms with van der Waals surface area (Å²) in [5, 5.41) is 14.1. The van der Waals surface area contributed by atoms with E-state index in [1.807, 2.05) is 43.0 Å². The van der Waals surface area contributed by atoms with Crippen molar-refractivity contribution >= 4 is 23.5 Å². The molecule has 1 heterocycles. The maximum atomic E-state index is 12.1. The summed E-state index contributed by atoms with van der Waals surface area (Å²) in [7, 11) is 0. The monoisotopic (exact) mass is 347 g/mol. The SMILES string of the molecule is CC(C)C[C@H](NC(=O)CNC(=O)CN1CCc2ccccc21)C(=O)O. The van der Waals surface area contributed by atoms with Crippen molar-refractivity contribution in [2.24, 2.45) is 5.92 Å². The number of nitrogens with zero attached hydrogens (tertiary/aromatic N) is 1. The summed E-state index contributed by atoms with van der Waals surface area (Å²) in [6.07, 6.45) is 1.25. The van der Waals surface area contributed by atoms with Crippen molar-refractivity contribution < 1.29 is 19.5 Å². The molecule has 25 heavy (non-hydrogen) atoms. The molecule has 0 aromatic heterocycles. The number of amides is 2. The van der Waals surface area contributed by atoms with Crippen LogP contribution in [0.25, 0.3) is 0 Å². The van der Waals surface area contributed by atoms with Crippen molar-refractivity contribution in [3.63, 3.8) is 0 Å². The highest BCUT2D eigenvalue weighted by atomic mass is 16.4. The molecule has 0 unspecified atom stereocenters. The third-order valence-electron chi connectivity index (χ3n) is 4.10. The van der Waals surface area contributed by atoms with E-state index in [1.165, 1.54) is 5.56 Å². The summed E-state index contributed by atoms with van der Waals surface area (Å²) in [5.74, 6) is -1.68. The number of anilines is 1. The molecule has 2 amide bonds. The minimum atomic E-state index is -1.07. The molecule has 1 aliphatic heterocycles. The Hall–Kier alpha value is -2.57. The zero-order valence-electron chi connectivity index (χ0n) is 14.6. The Morgan fingerprint density at radius 3 is 2.60 bits per heavy atom. The summed E-state index contributed by atoms with van der Waals surface area (Å²) in [4.78, 5) is 37.1. The molecule has 0 fully saturated rings. The molecular formula is C18H25N3O4. The van der Waals surface area contributed by atoms with Crippen molar-refractivity contribution in [1.29, 1.82) is 0 Å². The van der Waals surface area contributed by atoms with Gasteiger partial charge in [-0.25, -0.2) is 4.79 Å². The minimum Gasteiger partial charge on any atom is -0.480 e. The third-order valence-corrected chi connectivity index (χ3v) is 4.10. The molecule has 0 radical (unpaired) electrons. The molecular weight excluding hydrogens is 322 g/mol. The van der Waals surface area contributed by atoms with Crippen LogP contribution in [0.15, 0.2) is 24.3 Å². The smallest absolute Gasteiger partial charge is 0.326 e. The number of rotatable bonds is 8. The first-order chi connectivity index (χ1) is 11.9. The first-order valence-electron chi connectivity index (χ1n) is 8.48. The van der Waals surface area contributed by atoms with Crippen LogP contribution in [0.3, 0.4) is 0 Å². The minimum absolute atomic E-state index is 0.145. The van der Waals surface area contributed by atoms with Crippen LogP contribution in [-0.4, -0.2) is 48.6 Å². The number of aliphatic carboxylic acids is 1. The fourth-order valence-corrected chi connectivity index (χ4v) is 2.92. The van der Waals surface area contributed by atoms with Gasteiger partial charge in [0, 0.05) is 12.2 Å². The predicted molar refractivity (Wildman–Crippen MR) is 94.4 cm³/mol. The van der Waals surface area contributed by atoms with Crippen LogP contribution in [-0.2, 0) is 20.8 Å². The van der Waals surface area contributed by atoms with Crippen molar-refractivity contribution in [2.45, 2.75) is 32.7 Å². The highest BCUT2D eigenvalue weighted by Crippen LogP contribution is 2.26. The molecule has 0 bridgehead atoms. The molecule has 7 nitrogen and oxygen atoms in total. The summed E-state index contributed by atoms with van der Waals surface area (Å²) < 4.78 is 0. The Morgan fingerprint density at radius 2 is 1.92 bits per heavy atom. The molecule has 0 aliphatic carbocycles. The second kappa shape index (κ2) is 8.50. The van der Waals surface area contributed by atoms with Gasteiger partial charge in [-0.1, -0.05) is 32.0 Å². The van der Waals surface area contributed by atoms with E-state index in [2.05, 4.69) is 10.6 Å². The Kier molecular flexibility index (Phi) is 6.38. The molecule has 0 saturated heterocycles. The van der Waals surface area contributed by atoms with Crippen LogP contribution in [0.1, 0.15) is 25.8 Å². The van der Waals surface area contributed by atoms with Gasteiger partial charge in [0.25, 0.3) is 0 Å². The number of nitrogens with one attached hydrogen (secondary N) is 2. The molecule has 1 aromatic carbocycles. The second-order valence-electron chi connectivity index (χ2n) is 6.66. The van der Waals surface area contributed by atoms with Crippen molar-refractivity contribution in [1.82, 2.24) is 10.6 Å². The first kappa shape index (κ1) is 18.8. The van der Waals surface area contributed by atoms with Crippen LogP contribution in [0, 0.1) is 5.92 Å². The third kappa shape index (κ3) is 5.48. The quantitative estimate of drug-likeness (QED) is 0.645. The van der Waals surface area contributed by atoms with Crippen molar-refractivity contribution in [3.8, 4) is 0 Å². The molecule has 2 rings (SSSR count). The van der Waals surface area contributed by atoms with Crippen molar-refractivity contribution in [2.75, 3.05) is 24.5 Å². The number of hydrogen-bond acceptors (Lipinski definition) is 4. The molecule has 1 aromatic rings. The van der Waals surface area contributed by atoms with Gasteiger partial charge < -0.3 is 20.6 Å². The fourth-order valence-electron chi connectivity index (χ4n) is 2.92. The molecule has 1 atom stereocenters. The normalized spacial score (nSPS) is 14.1. The number of benzene rings is 1. The standard InChI is InChI=1S/C18H25N3O4/c1-12(2)9-14(18(24)25)20-16(22)10-19-17(23)11-21-8-7-13-5-3-4-6-15(13)21/h3-6,12,14H,7-11H2,1-2H3,(H,19,23)(H,20,22)(H,24,25)/t14-/m0/s1. The van der Waals surface area contributed by atoms with E-state index in [-0.39, 0.29) is 24.9 Å². The van der Waals surface area contributed by atoms with Gasteiger partial charge in [0.05, 0.1) is 13.1 Å². The van der Waals surface area contributed by atoms with E-state index in [4.69, 9.17) is 5.11 Å². The number of carbonyl (C=O) groups excluding carboxylic acids is 2. The maximum Gasteiger partial charge on any atom is 0.326 e. The van der Waals surface area contributed by atoms with Crippen LogP contribution < -0.4 is 15.5 Å². The van der Waals surface area contributed by atoms with E-state index in [9.17, 15) is 14.4 Å². The van der Waals surface area contributed by atoms with Gasteiger partial charge in [-0.15, -0.1) is 0 Å². The van der Waals surface area contributed by atoms with Crippen LogP contribution in [0.2, 0.25) is 0 Å². The Labute approximate surface area is 147 Å². The van der Waals surface area contributed by atoms with Gasteiger partial charge in [0.1, 0.15) is 6.04 Å². The zero-order chi connectivity index (χ0) is 18.4. The lowest BCUT2D eigenvalue weighted by molar-refractivity contribution is -0.142. The summed E-state index contributed by atoms with van der Waals surface area (Å²) in [6.45, 7) is 4.50. The lowest BCUT2D eigenvalue weighted by atomic mass is 10.0. The molecule has 7 heteroatoms. The number of carboxylic acids is 1. The van der Waals surface area contributed by atoms with E-state index in [1.54, 1.807) is 0 Å². The van der Waals surface area contributed by atoms with Crippen LogP contribution >= 0.6 is 0 Å². The van der Waals surface area contributed by atoms with Gasteiger partial charge in [-0.05, 0) is 30.4 Å². The molecule has 0 spiro atoms. The van der Waals surface area contributed by atoms with Gasteiger partial charge in [-0.3, -0.25) is 9.59 Å². The zero-order valence-corrected chi connectivity index (χ0v) is 14.6. The number of hydrogen-bond donors (Lipinski definition) is 3. The number of fused-ring (bicyclic) bond motifs is 1. The first-order valence-corrected chi connectivity index (χ1v) is 8.48.